The number of hydrogen-bond donors (Lipinski definition) is 1. The fourth-order valence-electron chi connectivity index (χ4n) is 2.93. The van der Waals surface area contributed by atoms with Gasteiger partial charge in [-0.3, -0.25) is 5.10 Å². The summed E-state index contributed by atoms with van der Waals surface area (Å²) in [7, 11) is 0. The molecular formula is C14H16N4OS3. The molecule has 1 aliphatic rings. The van der Waals surface area contributed by atoms with Crippen molar-refractivity contribution >= 4 is 51.2 Å². The molecule has 0 radical (unpaired) electrons. The van der Waals surface area contributed by atoms with E-state index in [0.29, 0.717) is 17.3 Å². The maximum absolute atomic E-state index is 5.99. The third-order valence-electron chi connectivity index (χ3n) is 4.12. The Kier molecular flexibility index (Phi) is 3.52. The van der Waals surface area contributed by atoms with Crippen molar-refractivity contribution in [2.45, 2.75) is 38.1 Å². The summed E-state index contributed by atoms with van der Waals surface area (Å²) in [6.45, 7) is 5.08. The van der Waals surface area contributed by atoms with Gasteiger partial charge in [0.25, 0.3) is 0 Å². The van der Waals surface area contributed by atoms with Gasteiger partial charge in [-0.2, -0.15) is 5.10 Å². The van der Waals surface area contributed by atoms with Gasteiger partial charge in [0.05, 0.1) is 18.1 Å². The number of fused-ring (bicyclic) bond motifs is 5. The van der Waals surface area contributed by atoms with Crippen LogP contribution in [0.3, 0.4) is 0 Å². The van der Waals surface area contributed by atoms with Crippen molar-refractivity contribution < 1.29 is 4.74 Å². The number of hydrogen-bond acceptors (Lipinski definition) is 6. The Labute approximate surface area is 141 Å². The maximum atomic E-state index is 5.99. The first-order valence-corrected chi connectivity index (χ1v) is 9.62. The van der Waals surface area contributed by atoms with E-state index in [1.54, 1.807) is 23.1 Å². The van der Waals surface area contributed by atoms with Crippen molar-refractivity contribution in [2.24, 2.45) is 5.92 Å². The van der Waals surface area contributed by atoms with E-state index in [9.17, 15) is 0 Å². The monoisotopic (exact) mass is 352 g/mol. The van der Waals surface area contributed by atoms with E-state index in [1.807, 2.05) is 10.7 Å². The van der Waals surface area contributed by atoms with Crippen LogP contribution in [0, 0.1) is 10.7 Å². The highest BCUT2D eigenvalue weighted by atomic mass is 32.2. The molecule has 0 saturated heterocycles. The minimum Gasteiger partial charge on any atom is -0.372 e. The number of H-pyrrole nitrogens is 1. The minimum absolute atomic E-state index is 0.257. The van der Waals surface area contributed by atoms with Crippen LogP contribution in [0.15, 0.2) is 5.16 Å². The Balaban J connectivity index is 2.04. The lowest BCUT2D eigenvalue weighted by molar-refractivity contribution is 0.00203. The maximum Gasteiger partial charge on any atom is 0.201 e. The van der Waals surface area contributed by atoms with Crippen LogP contribution in [0.5, 0.6) is 0 Å². The second-order valence-electron chi connectivity index (χ2n) is 5.77. The second-order valence-corrected chi connectivity index (χ2v) is 8.01. The Morgan fingerprint density at radius 1 is 1.50 bits per heavy atom. The number of nitrogens with zero attached hydrogens (tertiary/aromatic N) is 3. The number of aromatic amines is 1. The molecule has 1 N–H and O–H groups in total. The fourth-order valence-corrected chi connectivity index (χ4v) is 4.92. The Bertz CT molecular complexity index is 924. The summed E-state index contributed by atoms with van der Waals surface area (Å²) in [6.07, 6.45) is 3.18. The normalized spacial score (nSPS) is 18.5. The summed E-state index contributed by atoms with van der Waals surface area (Å²) in [5, 5.41) is 9.39. The van der Waals surface area contributed by atoms with Crippen LogP contribution in [0.1, 0.15) is 24.3 Å². The Hall–Kier alpha value is -0.960. The van der Waals surface area contributed by atoms with E-state index in [1.165, 1.54) is 10.4 Å². The minimum atomic E-state index is 0.257. The SMILES string of the molecule is CSc1nc2sc3c(c2c2n[nH]c(=S)n12)C[C@H](C(C)C)OC3. The highest BCUT2D eigenvalue weighted by Crippen LogP contribution is 2.39. The van der Waals surface area contributed by atoms with Crippen LogP contribution >= 0.6 is 35.3 Å². The van der Waals surface area contributed by atoms with E-state index in [4.69, 9.17) is 21.9 Å². The van der Waals surface area contributed by atoms with Crippen molar-refractivity contribution in [3.63, 3.8) is 0 Å². The molecule has 0 fully saturated rings. The van der Waals surface area contributed by atoms with Gasteiger partial charge in [0.15, 0.2) is 10.8 Å². The van der Waals surface area contributed by atoms with Crippen molar-refractivity contribution in [2.75, 3.05) is 6.26 Å². The number of ether oxygens (including phenoxy) is 1. The van der Waals surface area contributed by atoms with E-state index >= 15 is 0 Å². The quantitative estimate of drug-likeness (QED) is 0.432. The molecule has 0 aromatic carbocycles. The average molecular weight is 353 g/mol. The van der Waals surface area contributed by atoms with Crippen LogP contribution in [-0.2, 0) is 17.8 Å². The molecule has 5 nitrogen and oxygen atoms in total. The third-order valence-corrected chi connectivity index (χ3v) is 6.13. The van der Waals surface area contributed by atoms with Gasteiger partial charge in [-0.1, -0.05) is 25.6 Å². The fraction of sp³-hybridized carbons (Fsp3) is 0.500. The van der Waals surface area contributed by atoms with Crippen LogP contribution in [-0.4, -0.2) is 31.9 Å². The van der Waals surface area contributed by atoms with Gasteiger partial charge in [0, 0.05) is 11.3 Å². The van der Waals surface area contributed by atoms with Crippen molar-refractivity contribution in [1.29, 1.82) is 0 Å². The highest BCUT2D eigenvalue weighted by Gasteiger charge is 2.28. The first-order valence-electron chi connectivity index (χ1n) is 7.17. The molecule has 116 valence electrons. The number of thioether (sulfide) groups is 1. The first kappa shape index (κ1) is 14.6. The predicted octanol–water partition coefficient (Wildman–Crippen LogP) is 3.82. The first-order chi connectivity index (χ1) is 10.6. The van der Waals surface area contributed by atoms with E-state index in [0.717, 1.165) is 27.4 Å². The van der Waals surface area contributed by atoms with E-state index in [2.05, 4.69) is 24.0 Å². The summed E-state index contributed by atoms with van der Waals surface area (Å²) >= 11 is 8.67. The Morgan fingerprint density at radius 3 is 3.05 bits per heavy atom. The van der Waals surface area contributed by atoms with Crippen LogP contribution < -0.4 is 0 Å². The number of thiophene rings is 1. The summed E-state index contributed by atoms with van der Waals surface area (Å²) in [6, 6.07) is 0. The zero-order valence-electron chi connectivity index (χ0n) is 12.5. The zero-order valence-corrected chi connectivity index (χ0v) is 15.0. The summed E-state index contributed by atoms with van der Waals surface area (Å²) in [5.41, 5.74) is 2.23. The molecule has 4 heterocycles. The van der Waals surface area contributed by atoms with Gasteiger partial charge in [-0.05, 0) is 30.0 Å². The van der Waals surface area contributed by atoms with Gasteiger partial charge in [0.2, 0.25) is 4.77 Å². The third kappa shape index (κ3) is 2.05. The van der Waals surface area contributed by atoms with Crippen molar-refractivity contribution in [3.8, 4) is 0 Å². The van der Waals surface area contributed by atoms with Crippen LogP contribution in [0.25, 0.3) is 15.9 Å². The molecule has 1 atom stereocenters. The zero-order chi connectivity index (χ0) is 15.4. The Morgan fingerprint density at radius 2 is 2.32 bits per heavy atom. The van der Waals surface area contributed by atoms with Crippen LogP contribution in [0.4, 0.5) is 0 Å². The van der Waals surface area contributed by atoms with Crippen LogP contribution in [0.2, 0.25) is 0 Å². The summed E-state index contributed by atoms with van der Waals surface area (Å²) in [5.74, 6) is 0.498. The molecule has 8 heteroatoms. The average Bonchev–Trinajstić information content (AvgIpc) is 3.06. The van der Waals surface area contributed by atoms with Crippen molar-refractivity contribution in [1.82, 2.24) is 19.6 Å². The smallest absolute Gasteiger partial charge is 0.201 e. The van der Waals surface area contributed by atoms with Gasteiger partial charge >= 0.3 is 0 Å². The molecule has 4 rings (SSSR count). The topological polar surface area (TPSA) is 55.2 Å². The molecule has 3 aromatic rings. The lowest BCUT2D eigenvalue weighted by Crippen LogP contribution is -2.26. The molecule has 0 unspecified atom stereocenters. The molecule has 0 saturated carbocycles. The molecule has 0 aliphatic carbocycles. The number of aromatic nitrogens is 4. The summed E-state index contributed by atoms with van der Waals surface area (Å²) < 4.78 is 8.53. The molecule has 22 heavy (non-hydrogen) atoms. The summed E-state index contributed by atoms with van der Waals surface area (Å²) in [4.78, 5) is 7.10. The van der Waals surface area contributed by atoms with Crippen molar-refractivity contribution in [3.05, 3.63) is 15.2 Å². The largest absolute Gasteiger partial charge is 0.372 e. The van der Waals surface area contributed by atoms with E-state index in [-0.39, 0.29) is 6.10 Å². The predicted molar refractivity (Wildman–Crippen MR) is 92.5 cm³/mol. The molecular weight excluding hydrogens is 336 g/mol. The molecule has 0 bridgehead atoms. The lowest BCUT2D eigenvalue weighted by atomic mass is 9.96. The lowest BCUT2D eigenvalue weighted by Gasteiger charge is -2.26. The highest BCUT2D eigenvalue weighted by molar-refractivity contribution is 7.98. The molecule has 1 aliphatic heterocycles. The molecule has 0 spiro atoms. The molecule has 0 amide bonds. The van der Waals surface area contributed by atoms with Gasteiger partial charge < -0.3 is 4.74 Å². The van der Waals surface area contributed by atoms with Gasteiger partial charge in [0.1, 0.15) is 4.83 Å². The number of rotatable bonds is 2. The van der Waals surface area contributed by atoms with Gasteiger partial charge in [-0.15, -0.1) is 11.3 Å². The van der Waals surface area contributed by atoms with Gasteiger partial charge in [-0.25, -0.2) is 9.38 Å². The van der Waals surface area contributed by atoms with E-state index < -0.39 is 0 Å². The second kappa shape index (κ2) is 5.30. The molecule has 3 aromatic heterocycles. The standard InChI is InChI=1S/C14H16N4OS3/c1-6(2)8-4-7-9(5-19-8)22-12-10(7)11-16-17-13(20)18(11)14(15-12)21-3/h6,8H,4-5H2,1-3H3,(H,17,20)/t8-/m1/s1. The number of nitrogens with one attached hydrogen (secondary N) is 1.